The quantitative estimate of drug-likeness (QED) is 0.802. The normalized spacial score (nSPS) is 16.7. The Bertz CT molecular complexity index is 886. The molecule has 1 fully saturated rings. The van der Waals surface area contributed by atoms with Gasteiger partial charge in [-0.3, -0.25) is 9.59 Å². The van der Waals surface area contributed by atoms with Gasteiger partial charge in [0.05, 0.1) is 18.5 Å². The van der Waals surface area contributed by atoms with Crippen molar-refractivity contribution >= 4 is 29.4 Å². The van der Waals surface area contributed by atoms with E-state index in [4.69, 9.17) is 4.74 Å². The number of nitrogens with zero attached hydrogens (tertiary/aromatic N) is 3. The average Bonchev–Trinajstić information content (AvgIpc) is 3.31. The van der Waals surface area contributed by atoms with Gasteiger partial charge in [-0.05, 0) is 43.0 Å². The van der Waals surface area contributed by atoms with Gasteiger partial charge in [-0.2, -0.15) is 16.9 Å². The van der Waals surface area contributed by atoms with Crippen LogP contribution in [0.25, 0.3) is 5.69 Å². The number of ether oxygens (including phenoxy) is 1. The Morgan fingerprint density at radius 2 is 1.89 bits per heavy atom. The number of carbonyl (C=O) groups is 2. The average molecular weight is 401 g/mol. The van der Waals surface area contributed by atoms with Crippen molar-refractivity contribution in [3.05, 3.63) is 35.5 Å². The molecule has 0 unspecified atom stereocenters. The highest BCUT2D eigenvalue weighted by atomic mass is 32.2. The van der Waals surface area contributed by atoms with Gasteiger partial charge in [-0.1, -0.05) is 6.92 Å². The van der Waals surface area contributed by atoms with Gasteiger partial charge in [0.25, 0.3) is 0 Å². The molecule has 0 saturated carbocycles. The highest BCUT2D eigenvalue weighted by molar-refractivity contribution is 7.98. The number of nitrogens with one attached hydrogen (secondary N) is 1. The van der Waals surface area contributed by atoms with E-state index in [9.17, 15) is 9.59 Å². The molecule has 148 valence electrons. The molecule has 2 amide bonds. The fourth-order valence-corrected chi connectivity index (χ4v) is 4.60. The van der Waals surface area contributed by atoms with E-state index in [0.717, 1.165) is 47.0 Å². The van der Waals surface area contributed by atoms with Gasteiger partial charge in [-0.15, -0.1) is 0 Å². The molecule has 2 aromatic rings. The summed E-state index contributed by atoms with van der Waals surface area (Å²) in [5.41, 5.74) is 2.76. The van der Waals surface area contributed by atoms with E-state index in [1.165, 1.54) is 0 Å². The Morgan fingerprint density at radius 1 is 1.18 bits per heavy atom. The number of rotatable bonds is 3. The van der Waals surface area contributed by atoms with Crippen LogP contribution in [0, 0.1) is 5.92 Å². The molecule has 2 aliphatic heterocycles. The topological polar surface area (TPSA) is 76.5 Å². The van der Waals surface area contributed by atoms with E-state index in [1.54, 1.807) is 28.5 Å². The molecule has 1 saturated heterocycles. The van der Waals surface area contributed by atoms with E-state index in [-0.39, 0.29) is 0 Å². The molecule has 1 aromatic carbocycles. The lowest BCUT2D eigenvalue weighted by molar-refractivity contribution is -0.144. The van der Waals surface area contributed by atoms with Crippen LogP contribution in [0.2, 0.25) is 0 Å². The number of hydrogen-bond acceptors (Lipinski definition) is 5. The van der Waals surface area contributed by atoms with Crippen molar-refractivity contribution in [2.45, 2.75) is 31.3 Å². The van der Waals surface area contributed by atoms with Crippen LogP contribution in [-0.2, 0) is 21.1 Å². The minimum Gasteiger partial charge on any atom is -0.497 e. The zero-order chi connectivity index (χ0) is 19.7. The van der Waals surface area contributed by atoms with E-state index in [1.807, 2.05) is 24.3 Å². The summed E-state index contributed by atoms with van der Waals surface area (Å²) >= 11 is 1.75. The van der Waals surface area contributed by atoms with Gasteiger partial charge in [0.15, 0.2) is 0 Å². The van der Waals surface area contributed by atoms with Crippen molar-refractivity contribution in [3.8, 4) is 11.4 Å². The van der Waals surface area contributed by atoms with Crippen molar-refractivity contribution in [1.82, 2.24) is 14.7 Å². The molecule has 1 aromatic heterocycles. The Kier molecular flexibility index (Phi) is 5.30. The molecule has 4 rings (SSSR count). The van der Waals surface area contributed by atoms with E-state index < -0.39 is 11.8 Å². The summed E-state index contributed by atoms with van der Waals surface area (Å²) in [6.45, 7) is 3.45. The van der Waals surface area contributed by atoms with Crippen LogP contribution in [0.3, 0.4) is 0 Å². The summed E-state index contributed by atoms with van der Waals surface area (Å²) < 4.78 is 6.93. The van der Waals surface area contributed by atoms with Gasteiger partial charge in [0, 0.05) is 30.2 Å². The number of amides is 2. The lowest BCUT2D eigenvalue weighted by Gasteiger charge is -2.29. The molecular weight excluding hydrogens is 376 g/mol. The highest BCUT2D eigenvalue weighted by Gasteiger charge is 2.29. The Labute approximate surface area is 168 Å². The Morgan fingerprint density at radius 3 is 2.57 bits per heavy atom. The van der Waals surface area contributed by atoms with Gasteiger partial charge < -0.3 is 15.0 Å². The number of hydrogen-bond donors (Lipinski definition) is 1. The van der Waals surface area contributed by atoms with Gasteiger partial charge in [0.1, 0.15) is 11.6 Å². The number of fused-ring (bicyclic) bond motifs is 1. The molecule has 2 aliphatic rings. The maximum atomic E-state index is 12.7. The summed E-state index contributed by atoms with van der Waals surface area (Å²) in [6, 6.07) is 7.47. The molecule has 0 radical (unpaired) electrons. The number of thioether (sulfide) groups is 1. The second kappa shape index (κ2) is 7.87. The van der Waals surface area contributed by atoms with Crippen LogP contribution in [0.1, 0.15) is 31.0 Å². The molecule has 8 heteroatoms. The van der Waals surface area contributed by atoms with Crippen LogP contribution < -0.4 is 10.1 Å². The van der Waals surface area contributed by atoms with Gasteiger partial charge in [0.2, 0.25) is 0 Å². The molecule has 0 atom stereocenters. The lowest BCUT2D eigenvalue weighted by Crippen LogP contribution is -2.44. The summed E-state index contributed by atoms with van der Waals surface area (Å²) in [7, 11) is 1.62. The maximum Gasteiger partial charge on any atom is 0.315 e. The zero-order valence-electron chi connectivity index (χ0n) is 16.1. The van der Waals surface area contributed by atoms with Crippen LogP contribution in [0.5, 0.6) is 5.75 Å². The number of anilines is 1. The largest absolute Gasteiger partial charge is 0.497 e. The van der Waals surface area contributed by atoms with Crippen molar-refractivity contribution < 1.29 is 14.3 Å². The summed E-state index contributed by atoms with van der Waals surface area (Å²) in [4.78, 5) is 27.0. The molecule has 28 heavy (non-hydrogen) atoms. The monoisotopic (exact) mass is 400 g/mol. The van der Waals surface area contributed by atoms with Crippen molar-refractivity contribution in [1.29, 1.82) is 0 Å². The Balaban J connectivity index is 1.58. The maximum absolute atomic E-state index is 12.7. The van der Waals surface area contributed by atoms with E-state index in [2.05, 4.69) is 17.3 Å². The molecular formula is C20H24N4O3S. The fourth-order valence-electron chi connectivity index (χ4n) is 3.57. The van der Waals surface area contributed by atoms with Crippen molar-refractivity contribution in [2.24, 2.45) is 5.92 Å². The molecule has 0 spiro atoms. The molecule has 1 N–H and O–H groups in total. The van der Waals surface area contributed by atoms with E-state index in [0.29, 0.717) is 24.8 Å². The third kappa shape index (κ3) is 3.61. The molecule has 0 aliphatic carbocycles. The minimum atomic E-state index is -0.594. The van der Waals surface area contributed by atoms with Crippen LogP contribution in [0.15, 0.2) is 24.3 Å². The van der Waals surface area contributed by atoms with Crippen LogP contribution in [0.4, 0.5) is 5.82 Å². The number of piperidine rings is 1. The second-order valence-electron chi connectivity index (χ2n) is 7.31. The standard InChI is InChI=1S/C20H24N4O3S/c1-13-7-9-23(10-8-13)20(26)19(25)21-18-16-11-28-12-17(16)22-24(18)14-3-5-15(27-2)6-4-14/h3-6,13H,7-12H2,1-2H3,(H,21,25). The van der Waals surface area contributed by atoms with Gasteiger partial charge >= 0.3 is 11.8 Å². The van der Waals surface area contributed by atoms with Crippen molar-refractivity contribution in [3.63, 3.8) is 0 Å². The zero-order valence-corrected chi connectivity index (χ0v) is 16.9. The van der Waals surface area contributed by atoms with Crippen LogP contribution >= 0.6 is 11.8 Å². The molecule has 0 bridgehead atoms. The molecule has 3 heterocycles. The number of methoxy groups -OCH3 is 1. The number of likely N-dealkylation sites (tertiary alicyclic amines) is 1. The number of benzene rings is 1. The first-order valence-electron chi connectivity index (χ1n) is 9.50. The third-order valence-corrected chi connectivity index (χ3v) is 6.34. The highest BCUT2D eigenvalue weighted by Crippen LogP contribution is 2.36. The number of carbonyl (C=O) groups excluding carboxylic acids is 2. The predicted octanol–water partition coefficient (Wildman–Crippen LogP) is 2.82. The summed E-state index contributed by atoms with van der Waals surface area (Å²) in [5.74, 6) is 2.46. The summed E-state index contributed by atoms with van der Waals surface area (Å²) in [5, 5.41) is 7.52. The van der Waals surface area contributed by atoms with Gasteiger partial charge in [-0.25, -0.2) is 4.68 Å². The fraction of sp³-hybridized carbons (Fsp3) is 0.450. The first kappa shape index (κ1) is 18.9. The number of aromatic nitrogens is 2. The Hall–Kier alpha value is -2.48. The predicted molar refractivity (Wildman–Crippen MR) is 109 cm³/mol. The SMILES string of the molecule is COc1ccc(-n2nc3c(c2NC(=O)C(=O)N2CCC(C)CC2)CSC3)cc1. The first-order valence-corrected chi connectivity index (χ1v) is 10.7. The minimum absolute atomic E-state index is 0.464. The lowest BCUT2D eigenvalue weighted by atomic mass is 9.99. The third-order valence-electron chi connectivity index (χ3n) is 5.37. The van der Waals surface area contributed by atoms with E-state index >= 15 is 0 Å². The van der Waals surface area contributed by atoms with Crippen molar-refractivity contribution in [2.75, 3.05) is 25.5 Å². The smallest absolute Gasteiger partial charge is 0.315 e. The second-order valence-corrected chi connectivity index (χ2v) is 8.29. The van der Waals surface area contributed by atoms with Crippen LogP contribution in [-0.4, -0.2) is 46.7 Å². The molecule has 7 nitrogen and oxygen atoms in total. The summed E-state index contributed by atoms with van der Waals surface area (Å²) in [6.07, 6.45) is 1.88. The first-order chi connectivity index (χ1) is 13.6.